The van der Waals surface area contributed by atoms with Crippen molar-refractivity contribution in [1.29, 1.82) is 0 Å². The Morgan fingerprint density at radius 3 is 1.89 bits per heavy atom. The molecule has 0 saturated carbocycles. The Hall–Kier alpha value is -3.27. The van der Waals surface area contributed by atoms with Crippen LogP contribution < -0.4 is 5.32 Å². The van der Waals surface area contributed by atoms with E-state index in [1.165, 1.54) is 0 Å². The van der Waals surface area contributed by atoms with Gasteiger partial charge in [0.1, 0.15) is 11.1 Å². The van der Waals surface area contributed by atoms with Crippen molar-refractivity contribution < 1.29 is 41.8 Å². The molecule has 0 heterocycles. The predicted octanol–water partition coefficient (Wildman–Crippen LogP) is 2.86. The first-order valence-corrected chi connectivity index (χ1v) is 7.62. The van der Waals surface area contributed by atoms with Crippen LogP contribution in [0.15, 0.2) is 42.1 Å². The molecule has 0 fully saturated rings. The molecule has 0 radical (unpaired) electrons. The van der Waals surface area contributed by atoms with Gasteiger partial charge >= 0.3 is 5.97 Å². The average Bonchev–Trinajstić information content (AvgIpc) is 2.68. The smallest absolute Gasteiger partial charge is 0.341 e. The molecule has 0 spiro atoms. The van der Waals surface area contributed by atoms with Gasteiger partial charge in [0.25, 0.3) is 0 Å². The van der Waals surface area contributed by atoms with Gasteiger partial charge in [-0.2, -0.15) is 0 Å². The van der Waals surface area contributed by atoms with E-state index in [4.69, 9.17) is 5.11 Å². The minimum Gasteiger partial charge on any atom is -0.477 e. The van der Waals surface area contributed by atoms with Crippen molar-refractivity contribution in [3.05, 3.63) is 82.3 Å². The maximum atomic E-state index is 13.8. The van der Waals surface area contributed by atoms with E-state index in [2.05, 4.69) is 5.32 Å². The van der Waals surface area contributed by atoms with Crippen molar-refractivity contribution >= 4 is 11.8 Å². The predicted molar refractivity (Wildman–Crippen MR) is 85.7 cm³/mol. The molecule has 28 heavy (non-hydrogen) atoms. The lowest BCUT2D eigenvalue weighted by Gasteiger charge is -2.16. The molecule has 10 heteroatoms. The largest absolute Gasteiger partial charge is 0.477 e. The molecule has 0 bridgehead atoms. The van der Waals surface area contributed by atoms with Gasteiger partial charge in [-0.1, -0.05) is 30.3 Å². The quantitative estimate of drug-likeness (QED) is 0.126. The number of ketones is 1. The average molecular weight is 401 g/mol. The fourth-order valence-electron chi connectivity index (χ4n) is 2.29. The number of nitrogens with one attached hydrogen (secondary N) is 1. The number of aliphatic carboxylic acids is 1. The number of aliphatic hydroxyl groups excluding tert-OH is 1. The van der Waals surface area contributed by atoms with Crippen molar-refractivity contribution in [2.45, 2.75) is 6.04 Å². The molecule has 3 N–H and O–H groups in total. The number of halogens is 5. The Labute approximate surface area is 154 Å². The molecule has 0 aromatic heterocycles. The Kier molecular flexibility index (Phi) is 6.47. The van der Waals surface area contributed by atoms with Crippen molar-refractivity contribution in [3.8, 4) is 0 Å². The summed E-state index contributed by atoms with van der Waals surface area (Å²) in [6.07, 6.45) is 0.524. The Morgan fingerprint density at radius 2 is 1.43 bits per heavy atom. The van der Waals surface area contributed by atoms with Crippen LogP contribution in [0.2, 0.25) is 0 Å². The number of hydrogen-bond donors (Lipinski definition) is 3. The summed E-state index contributed by atoms with van der Waals surface area (Å²) < 4.78 is 67.2. The molecule has 2 rings (SSSR count). The summed E-state index contributed by atoms with van der Waals surface area (Å²) in [5, 5.41) is 20.9. The number of Topliss-reactive ketones (excluding diaryl/α,β-unsaturated/α-hetero) is 1. The molecule has 0 saturated heterocycles. The highest BCUT2D eigenvalue weighted by molar-refractivity contribution is 6.23. The van der Waals surface area contributed by atoms with Gasteiger partial charge in [0.2, 0.25) is 11.6 Å². The Bertz CT molecular complexity index is 918. The molecular formula is C18H12F5NO4. The molecule has 0 aliphatic carbocycles. The van der Waals surface area contributed by atoms with Crippen LogP contribution in [0.25, 0.3) is 0 Å². The summed E-state index contributed by atoms with van der Waals surface area (Å²) in [6.45, 7) is -0.551. The lowest BCUT2D eigenvalue weighted by Crippen LogP contribution is -2.24. The van der Waals surface area contributed by atoms with E-state index < -0.39 is 64.6 Å². The zero-order valence-corrected chi connectivity index (χ0v) is 13.8. The summed E-state index contributed by atoms with van der Waals surface area (Å²) in [4.78, 5) is 23.5. The van der Waals surface area contributed by atoms with Gasteiger partial charge in [0.05, 0.1) is 12.6 Å². The van der Waals surface area contributed by atoms with Crippen molar-refractivity contribution in [2.24, 2.45) is 0 Å². The highest BCUT2D eigenvalue weighted by atomic mass is 19.2. The summed E-state index contributed by atoms with van der Waals surface area (Å²) >= 11 is 0. The number of aliphatic hydroxyl groups is 1. The number of carboxylic acids is 1. The van der Waals surface area contributed by atoms with E-state index in [0.29, 0.717) is 11.8 Å². The second-order valence-electron chi connectivity index (χ2n) is 5.45. The van der Waals surface area contributed by atoms with E-state index >= 15 is 0 Å². The third-order valence-electron chi connectivity index (χ3n) is 3.73. The van der Waals surface area contributed by atoms with Gasteiger partial charge in [-0.15, -0.1) is 0 Å². The summed E-state index contributed by atoms with van der Waals surface area (Å²) in [7, 11) is 0. The maximum Gasteiger partial charge on any atom is 0.341 e. The summed E-state index contributed by atoms with van der Waals surface area (Å²) in [5.41, 5.74) is -2.71. The number of carboxylic acid groups (broad SMARTS) is 1. The van der Waals surface area contributed by atoms with Gasteiger partial charge < -0.3 is 15.5 Å². The third kappa shape index (κ3) is 4.01. The SMILES string of the molecule is O=C(O)C(=CN[C@H](CO)c1ccccc1)C(=O)c1c(F)c(F)c(F)c(F)c1F. The van der Waals surface area contributed by atoms with Crippen LogP contribution in [0.1, 0.15) is 22.0 Å². The fourth-order valence-corrected chi connectivity index (χ4v) is 2.29. The van der Waals surface area contributed by atoms with E-state index in [9.17, 15) is 36.6 Å². The number of hydrogen-bond acceptors (Lipinski definition) is 4. The van der Waals surface area contributed by atoms with Crippen LogP contribution in [0.5, 0.6) is 0 Å². The number of carbonyl (C=O) groups excluding carboxylic acids is 1. The fraction of sp³-hybridized carbons (Fsp3) is 0.111. The molecule has 2 aromatic carbocycles. The minimum absolute atomic E-state index is 0.481. The molecule has 0 unspecified atom stereocenters. The van der Waals surface area contributed by atoms with Crippen LogP contribution in [-0.2, 0) is 4.79 Å². The van der Waals surface area contributed by atoms with E-state index in [-0.39, 0.29) is 0 Å². The van der Waals surface area contributed by atoms with E-state index in [1.54, 1.807) is 30.3 Å². The highest BCUT2D eigenvalue weighted by Crippen LogP contribution is 2.25. The van der Waals surface area contributed by atoms with Crippen molar-refractivity contribution in [3.63, 3.8) is 0 Å². The maximum absolute atomic E-state index is 13.8. The standard InChI is InChI=1S/C18H12F5NO4/c19-12-11(13(20)15(22)16(23)14(12)21)17(26)9(18(27)28)6-24-10(7-25)8-4-2-1-3-5-8/h1-6,10,24-25H,7H2,(H,27,28)/t10-/m1/s1. The number of benzene rings is 2. The molecule has 0 aliphatic heterocycles. The van der Waals surface area contributed by atoms with Crippen LogP contribution in [0, 0.1) is 29.1 Å². The van der Waals surface area contributed by atoms with Gasteiger partial charge in [0, 0.05) is 6.20 Å². The Morgan fingerprint density at radius 1 is 0.929 bits per heavy atom. The van der Waals surface area contributed by atoms with Crippen molar-refractivity contribution in [2.75, 3.05) is 6.61 Å². The number of rotatable bonds is 7. The van der Waals surface area contributed by atoms with Gasteiger partial charge in [-0.05, 0) is 5.56 Å². The topological polar surface area (TPSA) is 86.6 Å². The Balaban J connectivity index is 2.46. The van der Waals surface area contributed by atoms with Gasteiger partial charge in [-0.3, -0.25) is 4.79 Å². The van der Waals surface area contributed by atoms with Crippen LogP contribution >= 0.6 is 0 Å². The zero-order chi connectivity index (χ0) is 21.0. The first-order valence-electron chi connectivity index (χ1n) is 7.62. The van der Waals surface area contributed by atoms with Crippen molar-refractivity contribution in [1.82, 2.24) is 5.32 Å². The highest BCUT2D eigenvalue weighted by Gasteiger charge is 2.33. The summed E-state index contributed by atoms with van der Waals surface area (Å²) in [5.74, 6) is -16.0. The monoisotopic (exact) mass is 401 g/mol. The van der Waals surface area contributed by atoms with Gasteiger partial charge in [-0.25, -0.2) is 26.7 Å². The first-order chi connectivity index (χ1) is 13.2. The molecule has 1 atom stereocenters. The zero-order valence-electron chi connectivity index (χ0n) is 13.8. The van der Waals surface area contributed by atoms with E-state index in [0.717, 1.165) is 0 Å². The normalized spacial score (nSPS) is 12.6. The third-order valence-corrected chi connectivity index (χ3v) is 3.73. The molecular weight excluding hydrogens is 389 g/mol. The second-order valence-corrected chi connectivity index (χ2v) is 5.45. The van der Waals surface area contributed by atoms with Crippen LogP contribution in [0.4, 0.5) is 22.0 Å². The first kappa shape index (κ1) is 21.0. The summed E-state index contributed by atoms with van der Waals surface area (Å²) in [6, 6.07) is 7.12. The van der Waals surface area contributed by atoms with Crippen LogP contribution in [0.3, 0.4) is 0 Å². The van der Waals surface area contributed by atoms with Crippen LogP contribution in [-0.4, -0.2) is 28.6 Å². The molecule has 2 aromatic rings. The number of carbonyl (C=O) groups is 2. The van der Waals surface area contributed by atoms with E-state index in [1.807, 2.05) is 0 Å². The van der Waals surface area contributed by atoms with Gasteiger partial charge in [0.15, 0.2) is 23.3 Å². The molecule has 5 nitrogen and oxygen atoms in total. The molecule has 0 aliphatic rings. The second kappa shape index (κ2) is 8.61. The molecule has 0 amide bonds. The minimum atomic E-state index is -2.48. The molecule has 148 valence electrons. The lowest BCUT2D eigenvalue weighted by molar-refractivity contribution is -0.132. The lowest BCUT2D eigenvalue weighted by atomic mass is 10.0.